The third kappa shape index (κ3) is 5.41. The molecule has 0 aliphatic carbocycles. The van der Waals surface area contributed by atoms with Gasteiger partial charge in [-0.1, -0.05) is 97.1 Å². The van der Waals surface area contributed by atoms with Gasteiger partial charge >= 0.3 is 0 Å². The molecule has 0 unspecified atom stereocenters. The molecule has 0 atom stereocenters. The van der Waals surface area contributed by atoms with Gasteiger partial charge in [-0.2, -0.15) is 0 Å². The van der Waals surface area contributed by atoms with E-state index in [0.29, 0.717) is 5.56 Å². The molecule has 7 aromatic carbocycles. The largest absolute Gasteiger partial charge is 0.310 e. The van der Waals surface area contributed by atoms with Crippen LogP contribution in [0.25, 0.3) is 44.2 Å². The smallest absolute Gasteiger partial charge is 0.126 e. The van der Waals surface area contributed by atoms with Gasteiger partial charge in [-0.3, -0.25) is 0 Å². The SMILES string of the molecule is Fc1cc(F)cc(-c2cccc(N(c3ccccc3)c3ccc4cc(-c5ccccc5)cc(-c5ccccc5)c4c3)c2)c1. The predicted octanol–water partition coefficient (Wildman–Crippen LogP) is 11.6. The van der Waals surface area contributed by atoms with Gasteiger partial charge in [0.25, 0.3) is 0 Å². The van der Waals surface area contributed by atoms with E-state index < -0.39 is 11.6 Å². The number of hydrogen-bond acceptors (Lipinski definition) is 1. The van der Waals surface area contributed by atoms with Crippen molar-refractivity contribution < 1.29 is 8.78 Å². The molecule has 7 rings (SSSR count). The fraction of sp³-hybridized carbons (Fsp3) is 0. The van der Waals surface area contributed by atoms with Crippen LogP contribution in [0.5, 0.6) is 0 Å². The van der Waals surface area contributed by atoms with Crippen molar-refractivity contribution in [3.8, 4) is 33.4 Å². The molecular formula is C40H27F2N. The van der Waals surface area contributed by atoms with Crippen LogP contribution in [0.2, 0.25) is 0 Å². The number of rotatable bonds is 6. The van der Waals surface area contributed by atoms with E-state index >= 15 is 0 Å². The van der Waals surface area contributed by atoms with Crippen LogP contribution in [0, 0.1) is 11.6 Å². The van der Waals surface area contributed by atoms with E-state index in [4.69, 9.17) is 0 Å². The maximum absolute atomic E-state index is 14.1. The quantitative estimate of drug-likeness (QED) is 0.196. The van der Waals surface area contributed by atoms with E-state index in [1.54, 1.807) is 0 Å². The zero-order valence-corrected chi connectivity index (χ0v) is 23.3. The molecule has 0 saturated carbocycles. The molecule has 43 heavy (non-hydrogen) atoms. The Morgan fingerprint density at radius 3 is 1.60 bits per heavy atom. The van der Waals surface area contributed by atoms with Gasteiger partial charge in [0.2, 0.25) is 0 Å². The molecule has 0 amide bonds. The molecule has 0 fully saturated rings. The maximum atomic E-state index is 14.1. The molecule has 0 aliphatic heterocycles. The highest BCUT2D eigenvalue weighted by Gasteiger charge is 2.16. The number of hydrogen-bond donors (Lipinski definition) is 0. The number of anilines is 3. The molecule has 0 saturated heterocycles. The first-order chi connectivity index (χ1) is 21.1. The van der Waals surface area contributed by atoms with Crippen molar-refractivity contribution in [1.29, 1.82) is 0 Å². The van der Waals surface area contributed by atoms with Crippen LogP contribution < -0.4 is 4.90 Å². The molecule has 0 aromatic heterocycles. The first-order valence-electron chi connectivity index (χ1n) is 14.2. The minimum atomic E-state index is -0.599. The van der Waals surface area contributed by atoms with E-state index in [1.165, 1.54) is 17.7 Å². The lowest BCUT2D eigenvalue weighted by atomic mass is 9.92. The summed E-state index contributed by atoms with van der Waals surface area (Å²) in [6.45, 7) is 0. The number of benzene rings is 7. The Morgan fingerprint density at radius 1 is 0.349 bits per heavy atom. The van der Waals surface area contributed by atoms with Crippen molar-refractivity contribution in [2.45, 2.75) is 0 Å². The summed E-state index contributed by atoms with van der Waals surface area (Å²) >= 11 is 0. The van der Waals surface area contributed by atoms with Crippen LogP contribution in [0.15, 0.2) is 164 Å². The normalized spacial score (nSPS) is 11.0. The Kier molecular flexibility index (Phi) is 6.98. The average Bonchev–Trinajstić information content (AvgIpc) is 3.05. The second kappa shape index (κ2) is 11.4. The Balaban J connectivity index is 1.42. The fourth-order valence-corrected chi connectivity index (χ4v) is 5.71. The highest BCUT2D eigenvalue weighted by Crippen LogP contribution is 2.41. The molecule has 7 aromatic rings. The molecule has 0 N–H and O–H groups in total. The molecule has 0 heterocycles. The average molecular weight is 560 g/mol. The number of para-hydroxylation sites is 1. The van der Waals surface area contributed by atoms with Gasteiger partial charge in [0.1, 0.15) is 11.6 Å². The number of fused-ring (bicyclic) bond motifs is 1. The van der Waals surface area contributed by atoms with Crippen LogP contribution >= 0.6 is 0 Å². The fourth-order valence-electron chi connectivity index (χ4n) is 5.71. The minimum Gasteiger partial charge on any atom is -0.310 e. The zero-order valence-electron chi connectivity index (χ0n) is 23.3. The topological polar surface area (TPSA) is 3.24 Å². The van der Waals surface area contributed by atoms with Gasteiger partial charge in [0.15, 0.2) is 0 Å². The van der Waals surface area contributed by atoms with E-state index in [9.17, 15) is 8.78 Å². The van der Waals surface area contributed by atoms with E-state index in [0.717, 1.165) is 56.2 Å². The van der Waals surface area contributed by atoms with E-state index in [1.807, 2.05) is 54.6 Å². The van der Waals surface area contributed by atoms with Gasteiger partial charge in [-0.05, 0) is 105 Å². The number of halogens is 2. The Hall–Kier alpha value is -5.54. The summed E-state index contributed by atoms with van der Waals surface area (Å²) in [7, 11) is 0. The third-order valence-electron chi connectivity index (χ3n) is 7.70. The summed E-state index contributed by atoms with van der Waals surface area (Å²) < 4.78 is 28.2. The Morgan fingerprint density at radius 2 is 0.907 bits per heavy atom. The van der Waals surface area contributed by atoms with E-state index in [2.05, 4.69) is 95.9 Å². The molecule has 0 radical (unpaired) electrons. The van der Waals surface area contributed by atoms with E-state index in [-0.39, 0.29) is 0 Å². The molecule has 0 aliphatic rings. The van der Waals surface area contributed by atoms with Crippen LogP contribution in [-0.2, 0) is 0 Å². The van der Waals surface area contributed by atoms with Gasteiger partial charge < -0.3 is 4.90 Å². The second-order valence-corrected chi connectivity index (χ2v) is 10.5. The lowest BCUT2D eigenvalue weighted by molar-refractivity contribution is 0.584. The van der Waals surface area contributed by atoms with Crippen LogP contribution in [-0.4, -0.2) is 0 Å². The highest BCUT2D eigenvalue weighted by molar-refractivity contribution is 6.02. The van der Waals surface area contributed by atoms with Crippen molar-refractivity contribution in [2.24, 2.45) is 0 Å². The van der Waals surface area contributed by atoms with Crippen molar-refractivity contribution in [1.82, 2.24) is 0 Å². The summed E-state index contributed by atoms with van der Waals surface area (Å²) in [5.74, 6) is -1.20. The third-order valence-corrected chi connectivity index (χ3v) is 7.70. The summed E-state index contributed by atoms with van der Waals surface area (Å²) in [5.41, 5.74) is 8.68. The van der Waals surface area contributed by atoms with Crippen LogP contribution in [0.4, 0.5) is 25.8 Å². The van der Waals surface area contributed by atoms with Crippen LogP contribution in [0.3, 0.4) is 0 Å². The highest BCUT2D eigenvalue weighted by atomic mass is 19.1. The Labute approximate surface area is 249 Å². The Bertz CT molecular complexity index is 2020. The lowest BCUT2D eigenvalue weighted by Gasteiger charge is -2.26. The summed E-state index contributed by atoms with van der Waals surface area (Å²) in [5, 5.41) is 2.27. The lowest BCUT2D eigenvalue weighted by Crippen LogP contribution is -2.10. The van der Waals surface area contributed by atoms with Gasteiger partial charge in [0, 0.05) is 23.1 Å². The monoisotopic (exact) mass is 559 g/mol. The summed E-state index contributed by atoms with van der Waals surface area (Å²) in [6, 6.07) is 53.5. The molecule has 1 nitrogen and oxygen atoms in total. The maximum Gasteiger partial charge on any atom is 0.126 e. The van der Waals surface area contributed by atoms with Crippen LogP contribution in [0.1, 0.15) is 0 Å². The molecule has 3 heteroatoms. The zero-order chi connectivity index (χ0) is 29.2. The van der Waals surface area contributed by atoms with Gasteiger partial charge in [-0.25, -0.2) is 8.78 Å². The van der Waals surface area contributed by atoms with Crippen molar-refractivity contribution in [3.05, 3.63) is 175 Å². The molecule has 206 valence electrons. The molecular weight excluding hydrogens is 532 g/mol. The second-order valence-electron chi connectivity index (χ2n) is 10.5. The van der Waals surface area contributed by atoms with Gasteiger partial charge in [0.05, 0.1) is 0 Å². The first kappa shape index (κ1) is 26.4. The van der Waals surface area contributed by atoms with Crippen molar-refractivity contribution in [2.75, 3.05) is 4.90 Å². The van der Waals surface area contributed by atoms with Gasteiger partial charge in [-0.15, -0.1) is 0 Å². The first-order valence-corrected chi connectivity index (χ1v) is 14.2. The minimum absolute atomic E-state index is 0.491. The summed E-state index contributed by atoms with van der Waals surface area (Å²) in [6.07, 6.45) is 0. The number of nitrogens with zero attached hydrogens (tertiary/aromatic N) is 1. The van der Waals surface area contributed by atoms with Crippen molar-refractivity contribution in [3.63, 3.8) is 0 Å². The molecule has 0 bridgehead atoms. The predicted molar refractivity (Wildman–Crippen MR) is 175 cm³/mol. The van der Waals surface area contributed by atoms with Crippen molar-refractivity contribution >= 4 is 27.8 Å². The summed E-state index contributed by atoms with van der Waals surface area (Å²) in [4.78, 5) is 2.18. The molecule has 0 spiro atoms. The standard InChI is InChI=1S/C40H27F2N/c41-34-22-33(23-35(42)26-34)30-15-10-18-37(24-30)43(36-16-8-3-9-17-36)38-20-19-31-21-32(28-11-4-1-5-12-28)25-39(40(31)27-38)29-13-6-2-7-14-29/h1-27H.